The highest BCUT2D eigenvalue weighted by Gasteiger charge is 2.21. The summed E-state index contributed by atoms with van der Waals surface area (Å²) in [7, 11) is -3.85. The Hall–Kier alpha value is -2.41. The minimum atomic E-state index is -3.85. The first-order chi connectivity index (χ1) is 13.6. The van der Waals surface area contributed by atoms with Crippen LogP contribution in [0.15, 0.2) is 71.9 Å². The predicted molar refractivity (Wildman–Crippen MR) is 116 cm³/mol. The van der Waals surface area contributed by atoms with Crippen LogP contribution in [0.3, 0.4) is 0 Å². The van der Waals surface area contributed by atoms with Crippen LogP contribution in [-0.2, 0) is 15.4 Å². The molecule has 3 rings (SSSR count). The summed E-state index contributed by atoms with van der Waals surface area (Å²) in [6.07, 6.45) is 2.04. The second-order valence-corrected chi connectivity index (χ2v) is 9.92. The number of benzene rings is 2. The van der Waals surface area contributed by atoms with Crippen molar-refractivity contribution in [3.8, 4) is 0 Å². The number of anilines is 1. The Morgan fingerprint density at radius 1 is 1.07 bits per heavy atom. The van der Waals surface area contributed by atoms with Gasteiger partial charge in [-0.1, -0.05) is 50.6 Å². The van der Waals surface area contributed by atoms with E-state index in [2.05, 4.69) is 30.5 Å². The Morgan fingerprint density at radius 2 is 1.76 bits per heavy atom. The molecule has 2 aromatic carbocycles. The van der Waals surface area contributed by atoms with Crippen LogP contribution in [-0.4, -0.2) is 18.5 Å². The van der Waals surface area contributed by atoms with Crippen LogP contribution in [0.2, 0.25) is 5.02 Å². The zero-order valence-electron chi connectivity index (χ0n) is 16.4. The summed E-state index contributed by atoms with van der Waals surface area (Å²) in [4.78, 5) is 4.14. The molecule has 3 aromatic rings. The number of aliphatic hydroxyl groups excluding tert-OH is 1. The van der Waals surface area contributed by atoms with Crippen molar-refractivity contribution in [2.45, 2.75) is 37.2 Å². The molecule has 152 valence electrons. The van der Waals surface area contributed by atoms with Crippen molar-refractivity contribution in [1.29, 1.82) is 0 Å². The van der Waals surface area contributed by atoms with Crippen LogP contribution in [0.5, 0.6) is 0 Å². The van der Waals surface area contributed by atoms with E-state index in [4.69, 9.17) is 11.6 Å². The fraction of sp³-hybridized carbons (Fsp3) is 0.227. The van der Waals surface area contributed by atoms with Gasteiger partial charge in [0.2, 0.25) is 0 Å². The zero-order valence-corrected chi connectivity index (χ0v) is 18.0. The molecular weight excluding hydrogens is 408 g/mol. The molecule has 0 spiro atoms. The van der Waals surface area contributed by atoms with Crippen molar-refractivity contribution in [2.24, 2.45) is 0 Å². The van der Waals surface area contributed by atoms with E-state index < -0.39 is 16.1 Å². The summed E-state index contributed by atoms with van der Waals surface area (Å²) >= 11 is 6.09. The van der Waals surface area contributed by atoms with Crippen LogP contribution >= 0.6 is 11.6 Å². The maximum atomic E-state index is 12.9. The van der Waals surface area contributed by atoms with Gasteiger partial charge in [-0.2, -0.15) is 0 Å². The van der Waals surface area contributed by atoms with Crippen LogP contribution < -0.4 is 4.72 Å². The third-order valence-corrected chi connectivity index (χ3v) is 6.20. The number of halogens is 1. The van der Waals surface area contributed by atoms with Gasteiger partial charge >= 0.3 is 0 Å². The van der Waals surface area contributed by atoms with Gasteiger partial charge < -0.3 is 5.11 Å². The molecule has 0 radical (unpaired) electrons. The monoisotopic (exact) mass is 430 g/mol. The third kappa shape index (κ3) is 4.96. The van der Waals surface area contributed by atoms with Gasteiger partial charge in [0.25, 0.3) is 10.0 Å². The molecule has 0 saturated carbocycles. The number of rotatable bonds is 5. The number of nitrogens with one attached hydrogen (secondary N) is 1. The molecule has 0 saturated heterocycles. The van der Waals surface area contributed by atoms with Crippen LogP contribution in [0.4, 0.5) is 5.69 Å². The summed E-state index contributed by atoms with van der Waals surface area (Å²) in [5, 5.41) is 11.1. The minimum absolute atomic E-state index is 0.0765. The van der Waals surface area contributed by atoms with E-state index in [1.807, 2.05) is 12.1 Å². The van der Waals surface area contributed by atoms with Crippen LogP contribution in [0, 0.1) is 0 Å². The minimum Gasteiger partial charge on any atom is -0.384 e. The van der Waals surface area contributed by atoms with Gasteiger partial charge in [-0.05, 0) is 47.4 Å². The number of nitrogens with zero attached hydrogens (tertiary/aromatic N) is 1. The first-order valence-corrected chi connectivity index (χ1v) is 10.9. The molecule has 0 aliphatic heterocycles. The van der Waals surface area contributed by atoms with E-state index in [0.29, 0.717) is 16.1 Å². The fourth-order valence-corrected chi connectivity index (χ4v) is 4.18. The number of aromatic nitrogens is 1. The fourth-order valence-electron chi connectivity index (χ4n) is 2.91. The molecule has 1 aromatic heterocycles. The van der Waals surface area contributed by atoms with E-state index in [0.717, 1.165) is 5.56 Å². The lowest BCUT2D eigenvalue weighted by atomic mass is 9.87. The molecule has 1 heterocycles. The maximum Gasteiger partial charge on any atom is 0.261 e. The van der Waals surface area contributed by atoms with E-state index in [9.17, 15) is 13.5 Å². The average Bonchev–Trinajstić information content (AvgIpc) is 2.69. The molecule has 5 nitrogen and oxygen atoms in total. The Balaban J connectivity index is 1.95. The number of sulfonamides is 1. The highest BCUT2D eigenvalue weighted by molar-refractivity contribution is 7.92. The number of hydrogen-bond acceptors (Lipinski definition) is 4. The van der Waals surface area contributed by atoms with Crippen LogP contribution in [0.1, 0.15) is 43.6 Å². The quantitative estimate of drug-likeness (QED) is 0.602. The predicted octanol–water partition coefficient (Wildman–Crippen LogP) is 4.92. The molecule has 0 aliphatic rings. The lowest BCUT2D eigenvalue weighted by Crippen LogP contribution is -2.16. The smallest absolute Gasteiger partial charge is 0.261 e. The second-order valence-electron chi connectivity index (χ2n) is 7.80. The average molecular weight is 431 g/mol. The van der Waals surface area contributed by atoms with E-state index in [1.165, 1.54) is 6.20 Å². The van der Waals surface area contributed by atoms with Gasteiger partial charge in [-0.3, -0.25) is 9.71 Å². The van der Waals surface area contributed by atoms with E-state index >= 15 is 0 Å². The Bertz CT molecular complexity index is 1090. The Kier molecular flexibility index (Phi) is 5.98. The summed E-state index contributed by atoms with van der Waals surface area (Å²) in [5.74, 6) is 0. The lowest BCUT2D eigenvalue weighted by molar-refractivity contribution is 0.220. The summed E-state index contributed by atoms with van der Waals surface area (Å²) in [6.45, 7) is 6.19. The first kappa shape index (κ1) is 21.3. The van der Waals surface area contributed by atoms with Gasteiger partial charge in [-0.15, -0.1) is 0 Å². The molecule has 1 atom stereocenters. The summed E-state index contributed by atoms with van der Waals surface area (Å²) < 4.78 is 28.4. The number of aliphatic hydroxyl groups is 1. The Labute approximate surface area is 176 Å². The first-order valence-electron chi connectivity index (χ1n) is 9.09. The largest absolute Gasteiger partial charge is 0.384 e. The van der Waals surface area contributed by atoms with Crippen molar-refractivity contribution in [1.82, 2.24) is 4.98 Å². The number of hydrogen-bond donors (Lipinski definition) is 2. The molecule has 0 amide bonds. The van der Waals surface area contributed by atoms with E-state index in [-0.39, 0.29) is 16.0 Å². The van der Waals surface area contributed by atoms with Gasteiger partial charge in [0.15, 0.2) is 0 Å². The molecule has 0 aliphatic carbocycles. The van der Waals surface area contributed by atoms with Crippen molar-refractivity contribution >= 4 is 27.3 Å². The molecule has 29 heavy (non-hydrogen) atoms. The standard InChI is InChI=1S/C22H23ClN2O3S/c1-22(2,3)16-6-9-18(10-7-16)29(27,28)25-20-11-8-17(23)13-19(20)21(26)15-5-4-12-24-14-15/h4-14,21,25-26H,1-3H3. The normalized spacial score (nSPS) is 13.1. The SMILES string of the molecule is CC(C)(C)c1ccc(S(=O)(=O)Nc2ccc(Cl)cc2C(O)c2cccnc2)cc1. The maximum absolute atomic E-state index is 12.9. The summed E-state index contributed by atoms with van der Waals surface area (Å²) in [5.41, 5.74) is 2.10. The summed E-state index contributed by atoms with van der Waals surface area (Å²) in [6, 6.07) is 14.8. The molecule has 0 fully saturated rings. The second kappa shape index (κ2) is 8.14. The number of pyridine rings is 1. The molecular formula is C22H23ClN2O3S. The van der Waals surface area contributed by atoms with Gasteiger partial charge in [0, 0.05) is 28.5 Å². The van der Waals surface area contributed by atoms with Crippen molar-refractivity contribution < 1.29 is 13.5 Å². The molecule has 2 N–H and O–H groups in total. The molecule has 0 bridgehead atoms. The Morgan fingerprint density at radius 3 is 2.34 bits per heavy atom. The van der Waals surface area contributed by atoms with Crippen molar-refractivity contribution in [3.63, 3.8) is 0 Å². The van der Waals surface area contributed by atoms with Gasteiger partial charge in [0.1, 0.15) is 6.10 Å². The van der Waals surface area contributed by atoms with Crippen LogP contribution in [0.25, 0.3) is 0 Å². The van der Waals surface area contributed by atoms with Crippen molar-refractivity contribution in [3.05, 3.63) is 88.7 Å². The van der Waals surface area contributed by atoms with E-state index in [1.54, 1.807) is 48.7 Å². The van der Waals surface area contributed by atoms with Gasteiger partial charge in [-0.25, -0.2) is 8.42 Å². The highest BCUT2D eigenvalue weighted by Crippen LogP contribution is 2.32. The third-order valence-electron chi connectivity index (χ3n) is 4.58. The topological polar surface area (TPSA) is 79.3 Å². The van der Waals surface area contributed by atoms with Crippen molar-refractivity contribution in [2.75, 3.05) is 4.72 Å². The lowest BCUT2D eigenvalue weighted by Gasteiger charge is -2.20. The molecule has 7 heteroatoms. The zero-order chi connectivity index (χ0) is 21.2. The van der Waals surface area contributed by atoms with Gasteiger partial charge in [0.05, 0.1) is 10.6 Å². The molecule has 1 unspecified atom stereocenters. The highest BCUT2D eigenvalue weighted by atomic mass is 35.5.